The summed E-state index contributed by atoms with van der Waals surface area (Å²) in [5.41, 5.74) is 3.94. The average molecular weight is 382 g/mol. The predicted octanol–water partition coefficient (Wildman–Crippen LogP) is 4.98. The smallest absolute Gasteiger partial charge is 0.334 e. The maximum atomic E-state index is 12.8. The highest BCUT2D eigenvalue weighted by atomic mass is 35.5. The van der Waals surface area contributed by atoms with Gasteiger partial charge in [0.05, 0.1) is 0 Å². The van der Waals surface area contributed by atoms with E-state index < -0.39 is 12.1 Å². The van der Waals surface area contributed by atoms with E-state index in [9.17, 15) is 18.0 Å². The third kappa shape index (κ3) is 4.04. The molecular weight excluding hydrogens is 363 g/mol. The Morgan fingerprint density at radius 1 is 1.23 bits per heavy atom. The molecule has 3 rings (SSSR count). The summed E-state index contributed by atoms with van der Waals surface area (Å²) in [7, 11) is 0. The van der Waals surface area contributed by atoms with E-state index >= 15 is 0 Å². The Kier molecular flexibility index (Phi) is 5.28. The van der Waals surface area contributed by atoms with Gasteiger partial charge in [-0.2, -0.15) is 13.2 Å². The van der Waals surface area contributed by atoms with E-state index in [0.29, 0.717) is 17.9 Å². The zero-order valence-electron chi connectivity index (χ0n) is 14.3. The molecular formula is C20H19ClF3NO. The summed E-state index contributed by atoms with van der Waals surface area (Å²) in [5, 5.41) is 0.607. The molecule has 0 aliphatic carbocycles. The third-order valence-electron chi connectivity index (χ3n) is 4.75. The highest BCUT2D eigenvalue weighted by Crippen LogP contribution is 2.32. The number of halogens is 4. The molecule has 138 valence electrons. The number of carbonyl (C=O) groups is 1. The van der Waals surface area contributed by atoms with E-state index in [2.05, 4.69) is 0 Å². The summed E-state index contributed by atoms with van der Waals surface area (Å²) >= 11 is 6.44. The van der Waals surface area contributed by atoms with Gasteiger partial charge in [-0.25, -0.2) is 0 Å². The standard InChI is InChI=1S/C20H19ClF3NO/c1-13-12-25(19(26)20(22,23)24)8-7-15-10-16(18(21)11-17(13)15)9-14-5-3-2-4-6-14/h2-6,10-11,13H,7-9,12H2,1H3/t13-/m1/s1. The molecule has 0 unspecified atom stereocenters. The number of amides is 1. The fourth-order valence-corrected chi connectivity index (χ4v) is 3.69. The summed E-state index contributed by atoms with van der Waals surface area (Å²) in [5.74, 6) is -1.98. The molecule has 0 bridgehead atoms. The van der Waals surface area contributed by atoms with Crippen LogP contribution < -0.4 is 0 Å². The zero-order valence-corrected chi connectivity index (χ0v) is 15.1. The summed E-state index contributed by atoms with van der Waals surface area (Å²) in [6, 6.07) is 13.7. The Bertz CT molecular complexity index is 805. The number of carbonyl (C=O) groups excluding carboxylic acids is 1. The van der Waals surface area contributed by atoms with Gasteiger partial charge in [-0.15, -0.1) is 0 Å². The normalized spacial score (nSPS) is 17.6. The van der Waals surface area contributed by atoms with Crippen LogP contribution in [0, 0.1) is 0 Å². The molecule has 1 aliphatic rings. The maximum Gasteiger partial charge on any atom is 0.471 e. The highest BCUT2D eigenvalue weighted by Gasteiger charge is 2.43. The van der Waals surface area contributed by atoms with Crippen molar-refractivity contribution >= 4 is 17.5 Å². The van der Waals surface area contributed by atoms with Crippen molar-refractivity contribution in [3.05, 3.63) is 69.7 Å². The predicted molar refractivity (Wildman–Crippen MR) is 95.5 cm³/mol. The van der Waals surface area contributed by atoms with Crippen LogP contribution in [0.15, 0.2) is 42.5 Å². The minimum atomic E-state index is -4.84. The van der Waals surface area contributed by atoms with Crippen LogP contribution in [-0.4, -0.2) is 30.1 Å². The largest absolute Gasteiger partial charge is 0.471 e. The lowest BCUT2D eigenvalue weighted by Crippen LogP contribution is -2.42. The van der Waals surface area contributed by atoms with Gasteiger partial charge in [0.1, 0.15) is 0 Å². The van der Waals surface area contributed by atoms with Crippen molar-refractivity contribution in [3.63, 3.8) is 0 Å². The van der Waals surface area contributed by atoms with Crippen molar-refractivity contribution in [1.82, 2.24) is 4.90 Å². The Hall–Kier alpha value is -2.01. The second kappa shape index (κ2) is 7.31. The van der Waals surface area contributed by atoms with Gasteiger partial charge in [0.25, 0.3) is 0 Å². The molecule has 1 atom stereocenters. The van der Waals surface area contributed by atoms with Crippen LogP contribution in [0.2, 0.25) is 5.02 Å². The van der Waals surface area contributed by atoms with Gasteiger partial charge in [-0.05, 0) is 47.1 Å². The van der Waals surface area contributed by atoms with Crippen molar-refractivity contribution in [2.75, 3.05) is 13.1 Å². The summed E-state index contributed by atoms with van der Waals surface area (Å²) in [6.45, 7) is 1.93. The lowest BCUT2D eigenvalue weighted by Gasteiger charge is -2.24. The highest BCUT2D eigenvalue weighted by molar-refractivity contribution is 6.31. The number of hydrogen-bond acceptors (Lipinski definition) is 1. The first-order chi connectivity index (χ1) is 12.3. The SMILES string of the molecule is C[C@@H]1CN(C(=O)C(F)(F)F)CCc2cc(Cc3ccccc3)c(Cl)cc21. The van der Waals surface area contributed by atoms with Crippen molar-refractivity contribution in [3.8, 4) is 0 Å². The topological polar surface area (TPSA) is 20.3 Å². The number of fused-ring (bicyclic) bond motifs is 1. The molecule has 0 radical (unpaired) electrons. The zero-order chi connectivity index (χ0) is 18.9. The van der Waals surface area contributed by atoms with E-state index in [0.717, 1.165) is 27.2 Å². The summed E-state index contributed by atoms with van der Waals surface area (Å²) < 4.78 is 38.3. The molecule has 1 aliphatic heterocycles. The lowest BCUT2D eigenvalue weighted by molar-refractivity contribution is -0.185. The Balaban J connectivity index is 1.87. The summed E-state index contributed by atoms with van der Waals surface area (Å²) in [4.78, 5) is 12.5. The van der Waals surface area contributed by atoms with Gasteiger partial charge < -0.3 is 4.90 Å². The van der Waals surface area contributed by atoms with Crippen LogP contribution >= 0.6 is 11.6 Å². The van der Waals surface area contributed by atoms with E-state index in [4.69, 9.17) is 11.6 Å². The van der Waals surface area contributed by atoms with Crippen LogP contribution in [-0.2, 0) is 17.6 Å². The van der Waals surface area contributed by atoms with E-state index in [1.807, 2.05) is 49.4 Å². The van der Waals surface area contributed by atoms with Gasteiger partial charge in [-0.3, -0.25) is 4.79 Å². The molecule has 0 spiro atoms. The first kappa shape index (κ1) is 18.8. The van der Waals surface area contributed by atoms with Crippen molar-refractivity contribution in [2.45, 2.75) is 31.9 Å². The summed E-state index contributed by atoms with van der Waals surface area (Å²) in [6.07, 6.45) is -3.79. The molecule has 26 heavy (non-hydrogen) atoms. The first-order valence-electron chi connectivity index (χ1n) is 8.47. The number of hydrogen-bond donors (Lipinski definition) is 0. The van der Waals surface area contributed by atoms with Gasteiger partial charge in [0, 0.05) is 18.1 Å². The minimum absolute atomic E-state index is 0.0414. The average Bonchev–Trinajstić information content (AvgIpc) is 2.74. The number of nitrogens with zero attached hydrogens (tertiary/aromatic N) is 1. The molecule has 1 amide bonds. The van der Waals surface area contributed by atoms with Crippen LogP contribution in [0.4, 0.5) is 13.2 Å². The van der Waals surface area contributed by atoms with E-state index in [1.165, 1.54) is 0 Å². The van der Waals surface area contributed by atoms with Crippen LogP contribution in [0.25, 0.3) is 0 Å². The molecule has 2 aromatic rings. The molecule has 0 fully saturated rings. The van der Waals surface area contributed by atoms with Gasteiger partial charge in [-0.1, -0.05) is 54.9 Å². The van der Waals surface area contributed by atoms with E-state index in [1.54, 1.807) is 0 Å². The Labute approximate surface area is 155 Å². The van der Waals surface area contributed by atoms with Gasteiger partial charge in [0.2, 0.25) is 0 Å². The second-order valence-electron chi connectivity index (χ2n) is 6.70. The Morgan fingerprint density at radius 3 is 2.58 bits per heavy atom. The van der Waals surface area contributed by atoms with Crippen molar-refractivity contribution < 1.29 is 18.0 Å². The van der Waals surface area contributed by atoms with Crippen molar-refractivity contribution in [2.24, 2.45) is 0 Å². The number of alkyl halides is 3. The van der Waals surface area contributed by atoms with E-state index in [-0.39, 0.29) is 19.0 Å². The molecule has 6 heteroatoms. The Morgan fingerprint density at radius 2 is 1.92 bits per heavy atom. The van der Waals surface area contributed by atoms with Crippen LogP contribution in [0.3, 0.4) is 0 Å². The molecule has 0 N–H and O–H groups in total. The third-order valence-corrected chi connectivity index (χ3v) is 5.10. The van der Waals surface area contributed by atoms with Crippen molar-refractivity contribution in [1.29, 1.82) is 0 Å². The fourth-order valence-electron chi connectivity index (χ4n) is 3.45. The number of benzene rings is 2. The second-order valence-corrected chi connectivity index (χ2v) is 7.11. The first-order valence-corrected chi connectivity index (χ1v) is 8.84. The van der Waals surface area contributed by atoms with Gasteiger partial charge in [0.15, 0.2) is 0 Å². The quantitative estimate of drug-likeness (QED) is 0.718. The molecule has 2 aromatic carbocycles. The molecule has 2 nitrogen and oxygen atoms in total. The van der Waals surface area contributed by atoms with Gasteiger partial charge >= 0.3 is 12.1 Å². The molecule has 1 heterocycles. The monoisotopic (exact) mass is 381 g/mol. The van der Waals surface area contributed by atoms with Crippen LogP contribution in [0.5, 0.6) is 0 Å². The molecule has 0 saturated carbocycles. The van der Waals surface area contributed by atoms with Crippen LogP contribution in [0.1, 0.15) is 35.1 Å². The molecule has 0 saturated heterocycles. The number of rotatable bonds is 2. The maximum absolute atomic E-state index is 12.8. The molecule has 0 aromatic heterocycles. The fraction of sp³-hybridized carbons (Fsp3) is 0.350. The minimum Gasteiger partial charge on any atom is -0.334 e. The lowest BCUT2D eigenvalue weighted by atomic mass is 9.92.